The number of carbonyl (C=O) groups is 1. The fourth-order valence-electron chi connectivity index (χ4n) is 2.49. The maximum Gasteiger partial charge on any atom is 0.243 e. The number of guanidine groups is 1. The third-order valence-electron chi connectivity index (χ3n) is 4.05. The molecule has 1 aliphatic rings. The number of nitrogens with one attached hydrogen (secondary N) is 2. The van der Waals surface area contributed by atoms with Crippen LogP contribution in [0.3, 0.4) is 0 Å². The van der Waals surface area contributed by atoms with Crippen molar-refractivity contribution >= 4 is 47.6 Å². The van der Waals surface area contributed by atoms with Gasteiger partial charge in [0.2, 0.25) is 5.91 Å². The molecular weight excluding hydrogens is 447 g/mol. The molecule has 0 bridgehead atoms. The Hall–Kier alpha value is -0.960. The Balaban J connectivity index is 0.00000312. The van der Waals surface area contributed by atoms with Gasteiger partial charge in [0.1, 0.15) is 6.54 Å². The van der Waals surface area contributed by atoms with Crippen molar-refractivity contribution in [2.24, 2.45) is 4.99 Å². The number of nitrogens with zero attached hydrogens (tertiary/aromatic N) is 2. The fraction of sp³-hybridized carbons (Fsp3) is 0.556. The van der Waals surface area contributed by atoms with Gasteiger partial charge in [0.25, 0.3) is 0 Å². The quantitative estimate of drug-likeness (QED) is 0.377. The van der Waals surface area contributed by atoms with Gasteiger partial charge in [-0.1, -0.05) is 30.3 Å². The predicted molar refractivity (Wildman–Crippen MR) is 118 cm³/mol. The molecule has 1 fully saturated rings. The van der Waals surface area contributed by atoms with Crippen LogP contribution in [-0.4, -0.2) is 55.0 Å². The summed E-state index contributed by atoms with van der Waals surface area (Å²) in [4.78, 5) is 17.9. The largest absolute Gasteiger partial charge is 0.355 e. The summed E-state index contributed by atoms with van der Waals surface area (Å²) in [6.45, 7) is 3.14. The first-order valence-electron chi connectivity index (χ1n) is 8.48. The van der Waals surface area contributed by atoms with Gasteiger partial charge in [0, 0.05) is 25.9 Å². The SMILES string of the molecule is CC(NC(=NCC(=O)N(C)C)NCC1CCCS1)c1ccccc1.I. The Morgan fingerprint density at radius 3 is 2.68 bits per heavy atom. The van der Waals surface area contributed by atoms with Crippen molar-refractivity contribution in [2.75, 3.05) is 32.9 Å². The van der Waals surface area contributed by atoms with Crippen LogP contribution in [0.15, 0.2) is 35.3 Å². The summed E-state index contributed by atoms with van der Waals surface area (Å²) in [5, 5.41) is 7.45. The standard InChI is InChI=1S/C18H28N4OS.HI/c1-14(15-8-5-4-6-9-15)21-18(20-13-17(23)22(2)3)19-12-16-10-7-11-24-16;/h4-6,8-9,14,16H,7,10-13H2,1-3H3,(H2,19,20,21);1H. The summed E-state index contributed by atoms with van der Waals surface area (Å²) in [5.41, 5.74) is 1.20. The highest BCUT2D eigenvalue weighted by Crippen LogP contribution is 2.25. The number of likely N-dealkylation sites (N-methyl/N-ethyl adjacent to an activating group) is 1. The highest BCUT2D eigenvalue weighted by molar-refractivity contribution is 14.0. The maximum absolute atomic E-state index is 11.8. The monoisotopic (exact) mass is 476 g/mol. The van der Waals surface area contributed by atoms with E-state index in [1.165, 1.54) is 24.2 Å². The number of hydrogen-bond donors (Lipinski definition) is 2. The number of rotatable bonds is 6. The first kappa shape index (κ1) is 22.1. The lowest BCUT2D eigenvalue weighted by Crippen LogP contribution is -2.42. The molecule has 25 heavy (non-hydrogen) atoms. The normalized spacial score (nSPS) is 18.2. The molecule has 5 nitrogen and oxygen atoms in total. The molecule has 0 aromatic heterocycles. The van der Waals surface area contributed by atoms with Crippen molar-refractivity contribution < 1.29 is 4.79 Å². The molecule has 0 saturated carbocycles. The molecule has 1 aromatic carbocycles. The third-order valence-corrected chi connectivity index (χ3v) is 5.44. The van der Waals surface area contributed by atoms with Gasteiger partial charge >= 0.3 is 0 Å². The maximum atomic E-state index is 11.8. The third kappa shape index (κ3) is 7.85. The molecule has 2 atom stereocenters. The highest BCUT2D eigenvalue weighted by atomic mass is 127. The van der Waals surface area contributed by atoms with Crippen LogP contribution >= 0.6 is 35.7 Å². The van der Waals surface area contributed by atoms with Gasteiger partial charge in [-0.15, -0.1) is 24.0 Å². The van der Waals surface area contributed by atoms with E-state index in [9.17, 15) is 4.79 Å². The van der Waals surface area contributed by atoms with E-state index in [2.05, 4.69) is 34.7 Å². The number of carbonyl (C=O) groups excluding carboxylic acids is 1. The second kappa shape index (κ2) is 11.6. The molecule has 2 rings (SSSR count). The molecule has 2 N–H and O–H groups in total. The molecule has 1 aliphatic heterocycles. The summed E-state index contributed by atoms with van der Waals surface area (Å²) < 4.78 is 0. The second-order valence-electron chi connectivity index (χ2n) is 6.25. The van der Waals surface area contributed by atoms with Crippen LogP contribution in [0.4, 0.5) is 0 Å². The second-order valence-corrected chi connectivity index (χ2v) is 7.65. The zero-order valence-electron chi connectivity index (χ0n) is 15.2. The van der Waals surface area contributed by atoms with Crippen LogP contribution in [0.2, 0.25) is 0 Å². The lowest BCUT2D eigenvalue weighted by Gasteiger charge is -2.20. The predicted octanol–water partition coefficient (Wildman–Crippen LogP) is 2.88. The van der Waals surface area contributed by atoms with E-state index in [0.717, 1.165) is 6.54 Å². The smallest absolute Gasteiger partial charge is 0.243 e. The van der Waals surface area contributed by atoms with E-state index in [0.29, 0.717) is 11.2 Å². The molecule has 7 heteroatoms. The molecule has 0 radical (unpaired) electrons. The fourth-order valence-corrected chi connectivity index (χ4v) is 3.69. The Bertz CT molecular complexity index is 547. The van der Waals surface area contributed by atoms with Gasteiger partial charge in [-0.05, 0) is 31.1 Å². The molecule has 0 spiro atoms. The number of hydrogen-bond acceptors (Lipinski definition) is 3. The van der Waals surface area contributed by atoms with Gasteiger partial charge in [-0.3, -0.25) is 4.79 Å². The molecule has 1 amide bonds. The van der Waals surface area contributed by atoms with E-state index in [1.807, 2.05) is 30.0 Å². The van der Waals surface area contributed by atoms with Crippen molar-refractivity contribution in [1.29, 1.82) is 0 Å². The van der Waals surface area contributed by atoms with Crippen molar-refractivity contribution in [1.82, 2.24) is 15.5 Å². The minimum absolute atomic E-state index is 0. The molecule has 2 unspecified atom stereocenters. The van der Waals surface area contributed by atoms with E-state index >= 15 is 0 Å². The summed E-state index contributed by atoms with van der Waals surface area (Å²) in [6.07, 6.45) is 2.53. The number of thioether (sulfide) groups is 1. The Labute approximate surface area is 172 Å². The molecule has 1 saturated heterocycles. The first-order valence-corrected chi connectivity index (χ1v) is 9.52. The van der Waals surface area contributed by atoms with Crippen molar-refractivity contribution in [3.05, 3.63) is 35.9 Å². The van der Waals surface area contributed by atoms with E-state index < -0.39 is 0 Å². The lowest BCUT2D eigenvalue weighted by molar-refractivity contribution is -0.127. The number of benzene rings is 1. The van der Waals surface area contributed by atoms with E-state index in [4.69, 9.17) is 0 Å². The van der Waals surface area contributed by atoms with Crippen molar-refractivity contribution in [3.63, 3.8) is 0 Å². The zero-order valence-corrected chi connectivity index (χ0v) is 18.3. The van der Waals surface area contributed by atoms with Gasteiger partial charge in [0.05, 0.1) is 6.04 Å². The van der Waals surface area contributed by atoms with Gasteiger partial charge < -0.3 is 15.5 Å². The topological polar surface area (TPSA) is 56.7 Å². The van der Waals surface area contributed by atoms with Crippen LogP contribution in [0.1, 0.15) is 31.4 Å². The van der Waals surface area contributed by atoms with Crippen LogP contribution in [0, 0.1) is 0 Å². The van der Waals surface area contributed by atoms with Gasteiger partial charge in [-0.2, -0.15) is 11.8 Å². The number of amides is 1. The van der Waals surface area contributed by atoms with Crippen molar-refractivity contribution in [3.8, 4) is 0 Å². The molecule has 140 valence electrons. The Morgan fingerprint density at radius 1 is 1.36 bits per heavy atom. The number of halogens is 1. The van der Waals surface area contributed by atoms with Crippen LogP contribution in [-0.2, 0) is 4.79 Å². The van der Waals surface area contributed by atoms with Crippen molar-refractivity contribution in [2.45, 2.75) is 31.1 Å². The van der Waals surface area contributed by atoms with Crippen LogP contribution < -0.4 is 10.6 Å². The average molecular weight is 476 g/mol. The molecule has 0 aliphatic carbocycles. The summed E-state index contributed by atoms with van der Waals surface area (Å²) in [5.74, 6) is 1.94. The van der Waals surface area contributed by atoms with Gasteiger partial charge in [0.15, 0.2) is 5.96 Å². The first-order chi connectivity index (χ1) is 11.6. The van der Waals surface area contributed by atoms with Crippen LogP contribution in [0.25, 0.3) is 0 Å². The summed E-state index contributed by atoms with van der Waals surface area (Å²) >= 11 is 2.01. The Morgan fingerprint density at radius 2 is 2.08 bits per heavy atom. The minimum atomic E-state index is -0.00120. The molecule has 1 aromatic rings. The Kier molecular flexibility index (Phi) is 10.3. The molecular formula is C18H29IN4OS. The van der Waals surface area contributed by atoms with E-state index in [-0.39, 0.29) is 42.5 Å². The average Bonchev–Trinajstić information content (AvgIpc) is 3.11. The number of aliphatic imine (C=N–C) groups is 1. The highest BCUT2D eigenvalue weighted by Gasteiger charge is 2.16. The summed E-state index contributed by atoms with van der Waals surface area (Å²) in [7, 11) is 3.50. The van der Waals surface area contributed by atoms with Crippen LogP contribution in [0.5, 0.6) is 0 Å². The van der Waals surface area contributed by atoms with E-state index in [1.54, 1.807) is 19.0 Å². The van der Waals surface area contributed by atoms with Gasteiger partial charge in [-0.25, -0.2) is 4.99 Å². The minimum Gasteiger partial charge on any atom is -0.355 e. The zero-order chi connectivity index (χ0) is 17.4. The molecule has 1 heterocycles. The summed E-state index contributed by atoms with van der Waals surface area (Å²) in [6, 6.07) is 10.4. The lowest BCUT2D eigenvalue weighted by atomic mass is 10.1.